The van der Waals surface area contributed by atoms with E-state index in [9.17, 15) is 9.59 Å². The summed E-state index contributed by atoms with van der Waals surface area (Å²) >= 11 is 0. The van der Waals surface area contributed by atoms with Gasteiger partial charge in [-0.3, -0.25) is 14.5 Å². The van der Waals surface area contributed by atoms with Crippen LogP contribution in [0.5, 0.6) is 0 Å². The third-order valence-electron chi connectivity index (χ3n) is 3.25. The molecule has 0 spiro atoms. The van der Waals surface area contributed by atoms with Gasteiger partial charge in [-0.05, 0) is 19.4 Å². The first kappa shape index (κ1) is 9.65. The number of hydrogen-bond acceptors (Lipinski definition) is 4. The maximum Gasteiger partial charge on any atom is 0.317 e. The molecule has 2 saturated heterocycles. The van der Waals surface area contributed by atoms with Gasteiger partial charge < -0.3 is 4.74 Å². The van der Waals surface area contributed by atoms with E-state index in [4.69, 9.17) is 0 Å². The molecule has 2 rings (SSSR count). The molecule has 2 fully saturated rings. The number of rotatable bonds is 1. The summed E-state index contributed by atoms with van der Waals surface area (Å²) < 4.78 is 4.68. The Labute approximate surface area is 83.2 Å². The van der Waals surface area contributed by atoms with Crippen LogP contribution < -0.4 is 0 Å². The Kier molecular flexibility index (Phi) is 2.54. The highest BCUT2D eigenvalue weighted by Crippen LogP contribution is 2.30. The van der Waals surface area contributed by atoms with Crippen LogP contribution in [0.25, 0.3) is 0 Å². The zero-order valence-corrected chi connectivity index (χ0v) is 8.36. The third kappa shape index (κ3) is 1.43. The van der Waals surface area contributed by atoms with Gasteiger partial charge in [-0.25, -0.2) is 0 Å². The molecule has 78 valence electrons. The van der Waals surface area contributed by atoms with Gasteiger partial charge in [-0.15, -0.1) is 0 Å². The summed E-state index contributed by atoms with van der Waals surface area (Å²) in [4.78, 5) is 25.3. The van der Waals surface area contributed by atoms with Crippen molar-refractivity contribution in [2.24, 2.45) is 5.92 Å². The summed E-state index contributed by atoms with van der Waals surface area (Å²) in [5.74, 6) is -0.817. The quantitative estimate of drug-likeness (QED) is 0.445. The van der Waals surface area contributed by atoms with Gasteiger partial charge in [0.1, 0.15) is 11.7 Å². The number of fused-ring (bicyclic) bond motifs is 1. The van der Waals surface area contributed by atoms with Crippen molar-refractivity contribution in [2.75, 3.05) is 20.2 Å². The Hall–Kier alpha value is -0.900. The van der Waals surface area contributed by atoms with Crippen LogP contribution in [0.3, 0.4) is 0 Å². The molecule has 0 aliphatic carbocycles. The lowest BCUT2D eigenvalue weighted by atomic mass is 9.88. The maximum atomic E-state index is 11.6. The highest BCUT2D eigenvalue weighted by atomic mass is 16.5. The standard InChI is InChI=1S/C10H15NO3/c1-14-10(13)9-7-3-2-5-11(7)6-4-8(9)12/h7,9H,2-6H2,1H3/t7-,9-/m1/s1. The second-order valence-corrected chi connectivity index (χ2v) is 3.96. The van der Waals surface area contributed by atoms with E-state index in [-0.39, 0.29) is 17.8 Å². The average molecular weight is 197 g/mol. The van der Waals surface area contributed by atoms with Crippen LogP contribution in [-0.2, 0) is 14.3 Å². The first-order chi connectivity index (χ1) is 6.74. The van der Waals surface area contributed by atoms with Gasteiger partial charge in [0.25, 0.3) is 0 Å². The Balaban J connectivity index is 2.17. The number of esters is 1. The van der Waals surface area contributed by atoms with Crippen LogP contribution in [0.1, 0.15) is 19.3 Å². The summed E-state index contributed by atoms with van der Waals surface area (Å²) in [6, 6.07) is 0.115. The van der Waals surface area contributed by atoms with E-state index in [0.29, 0.717) is 6.42 Å². The fourth-order valence-electron chi connectivity index (χ4n) is 2.55. The summed E-state index contributed by atoms with van der Waals surface area (Å²) in [6.07, 6.45) is 2.53. The van der Waals surface area contributed by atoms with Crippen molar-refractivity contribution in [1.29, 1.82) is 0 Å². The number of hydrogen-bond donors (Lipinski definition) is 0. The second kappa shape index (κ2) is 3.69. The average Bonchev–Trinajstić information content (AvgIpc) is 2.64. The van der Waals surface area contributed by atoms with Crippen molar-refractivity contribution in [2.45, 2.75) is 25.3 Å². The van der Waals surface area contributed by atoms with E-state index in [1.54, 1.807) is 0 Å². The first-order valence-electron chi connectivity index (χ1n) is 5.08. The molecule has 4 heteroatoms. The van der Waals surface area contributed by atoms with Crippen molar-refractivity contribution in [1.82, 2.24) is 4.90 Å². The van der Waals surface area contributed by atoms with Crippen molar-refractivity contribution < 1.29 is 14.3 Å². The van der Waals surface area contributed by atoms with Gasteiger partial charge in [0.2, 0.25) is 0 Å². The Morgan fingerprint density at radius 1 is 1.50 bits per heavy atom. The van der Waals surface area contributed by atoms with E-state index in [1.807, 2.05) is 0 Å². The molecule has 4 nitrogen and oxygen atoms in total. The number of nitrogens with zero attached hydrogens (tertiary/aromatic N) is 1. The molecule has 2 aliphatic heterocycles. The predicted molar refractivity (Wildman–Crippen MR) is 49.7 cm³/mol. The number of carbonyl (C=O) groups is 2. The first-order valence-corrected chi connectivity index (χ1v) is 5.08. The van der Waals surface area contributed by atoms with Gasteiger partial charge in [0.15, 0.2) is 0 Å². The zero-order chi connectivity index (χ0) is 10.1. The minimum absolute atomic E-state index is 0.0556. The fourth-order valence-corrected chi connectivity index (χ4v) is 2.55. The molecule has 2 atom stereocenters. The zero-order valence-electron chi connectivity index (χ0n) is 8.36. The number of piperidine rings is 1. The lowest BCUT2D eigenvalue weighted by molar-refractivity contribution is -0.154. The molecule has 0 aromatic heterocycles. The van der Waals surface area contributed by atoms with Crippen LogP contribution in [0.4, 0.5) is 0 Å². The molecule has 0 saturated carbocycles. The number of carbonyl (C=O) groups excluding carboxylic acids is 2. The van der Waals surface area contributed by atoms with E-state index in [0.717, 1.165) is 25.9 Å². The van der Waals surface area contributed by atoms with Gasteiger partial charge in [0, 0.05) is 19.0 Å². The Morgan fingerprint density at radius 3 is 3.00 bits per heavy atom. The van der Waals surface area contributed by atoms with Crippen molar-refractivity contribution in [3.05, 3.63) is 0 Å². The number of ether oxygens (including phenoxy) is 1. The number of methoxy groups -OCH3 is 1. The molecule has 14 heavy (non-hydrogen) atoms. The van der Waals surface area contributed by atoms with E-state index in [2.05, 4.69) is 9.64 Å². The predicted octanol–water partition coefficient (Wildman–Crippen LogP) is 0.213. The van der Waals surface area contributed by atoms with Crippen LogP contribution in [0.2, 0.25) is 0 Å². The summed E-state index contributed by atoms with van der Waals surface area (Å²) in [7, 11) is 1.35. The SMILES string of the molecule is COC(=O)[C@H]1C(=O)CCN2CCC[C@H]12. The van der Waals surface area contributed by atoms with Crippen molar-refractivity contribution >= 4 is 11.8 Å². The molecule has 0 N–H and O–H groups in total. The number of Topliss-reactive ketones (excluding diaryl/α,β-unsaturated/α-hetero) is 1. The van der Waals surface area contributed by atoms with Crippen LogP contribution >= 0.6 is 0 Å². The van der Waals surface area contributed by atoms with Gasteiger partial charge in [-0.2, -0.15) is 0 Å². The van der Waals surface area contributed by atoms with Crippen molar-refractivity contribution in [3.8, 4) is 0 Å². The van der Waals surface area contributed by atoms with Crippen LogP contribution in [-0.4, -0.2) is 42.9 Å². The van der Waals surface area contributed by atoms with E-state index in [1.165, 1.54) is 7.11 Å². The third-order valence-corrected chi connectivity index (χ3v) is 3.25. The highest BCUT2D eigenvalue weighted by Gasteiger charge is 2.44. The monoisotopic (exact) mass is 197 g/mol. The van der Waals surface area contributed by atoms with Crippen molar-refractivity contribution in [3.63, 3.8) is 0 Å². The van der Waals surface area contributed by atoms with E-state index < -0.39 is 5.92 Å². The lowest BCUT2D eigenvalue weighted by Crippen LogP contribution is -2.49. The fraction of sp³-hybridized carbons (Fsp3) is 0.800. The van der Waals surface area contributed by atoms with Crippen LogP contribution in [0, 0.1) is 5.92 Å². The molecule has 0 amide bonds. The molecule has 0 aromatic rings. The Bertz CT molecular complexity index is 256. The van der Waals surface area contributed by atoms with E-state index >= 15 is 0 Å². The molecule has 2 heterocycles. The Morgan fingerprint density at radius 2 is 2.29 bits per heavy atom. The topological polar surface area (TPSA) is 46.6 Å². The molecule has 0 radical (unpaired) electrons. The summed E-state index contributed by atoms with van der Waals surface area (Å²) in [5.41, 5.74) is 0. The van der Waals surface area contributed by atoms with Gasteiger partial charge in [-0.1, -0.05) is 0 Å². The molecule has 2 aliphatic rings. The van der Waals surface area contributed by atoms with Gasteiger partial charge in [0.05, 0.1) is 7.11 Å². The molecule has 0 aromatic carbocycles. The molecular weight excluding hydrogens is 182 g/mol. The minimum atomic E-state index is -0.517. The number of ketones is 1. The molecular formula is C10H15NO3. The summed E-state index contributed by atoms with van der Waals surface area (Å²) in [6.45, 7) is 1.84. The smallest absolute Gasteiger partial charge is 0.317 e. The molecule has 0 unspecified atom stereocenters. The maximum absolute atomic E-state index is 11.6. The normalized spacial score (nSPS) is 32.8. The van der Waals surface area contributed by atoms with Crippen LogP contribution in [0.15, 0.2) is 0 Å². The largest absolute Gasteiger partial charge is 0.468 e. The second-order valence-electron chi connectivity index (χ2n) is 3.96. The minimum Gasteiger partial charge on any atom is -0.468 e. The lowest BCUT2D eigenvalue weighted by Gasteiger charge is -2.33. The molecule has 0 bridgehead atoms. The highest BCUT2D eigenvalue weighted by molar-refractivity contribution is 6.00. The van der Waals surface area contributed by atoms with Gasteiger partial charge >= 0.3 is 5.97 Å². The summed E-state index contributed by atoms with van der Waals surface area (Å²) in [5, 5.41) is 0.